The average molecular weight is 488 g/mol. The third-order valence-electron chi connectivity index (χ3n) is 5.19. The maximum atomic E-state index is 12.4. The molecule has 1 aliphatic heterocycles. The number of amides is 2. The summed E-state index contributed by atoms with van der Waals surface area (Å²) >= 11 is 11.2. The third kappa shape index (κ3) is 7.83. The van der Waals surface area contributed by atoms with E-state index in [9.17, 15) is 14.4 Å². The van der Waals surface area contributed by atoms with Crippen molar-refractivity contribution in [2.45, 2.75) is 31.7 Å². The van der Waals surface area contributed by atoms with Gasteiger partial charge in [-0.1, -0.05) is 54.1 Å². The summed E-state index contributed by atoms with van der Waals surface area (Å²) in [6.07, 6.45) is 1.46. The van der Waals surface area contributed by atoms with Crippen LogP contribution < -0.4 is 10.6 Å². The van der Waals surface area contributed by atoms with Crippen molar-refractivity contribution in [1.82, 2.24) is 15.5 Å². The van der Waals surface area contributed by atoms with Gasteiger partial charge in [-0.2, -0.15) is 0 Å². The van der Waals surface area contributed by atoms with Crippen LogP contribution in [0.25, 0.3) is 0 Å². The van der Waals surface area contributed by atoms with Crippen LogP contribution in [-0.2, 0) is 32.0 Å². The summed E-state index contributed by atoms with van der Waals surface area (Å²) in [5.41, 5.74) is 1.96. The number of halogens is 1. The highest BCUT2D eigenvalue weighted by atomic mass is 35.5. The van der Waals surface area contributed by atoms with Crippen LogP contribution in [0.15, 0.2) is 54.6 Å². The van der Waals surface area contributed by atoms with Crippen LogP contribution in [0.4, 0.5) is 0 Å². The number of nitrogens with one attached hydrogen (secondary N) is 2. The molecule has 174 valence electrons. The van der Waals surface area contributed by atoms with Crippen molar-refractivity contribution in [2.75, 3.05) is 19.7 Å². The second-order valence-electron chi connectivity index (χ2n) is 7.67. The Labute approximate surface area is 203 Å². The fourth-order valence-corrected chi connectivity index (χ4v) is 3.97. The van der Waals surface area contributed by atoms with Gasteiger partial charge in [-0.05, 0) is 48.3 Å². The number of thiocarbonyl (C=S) groups is 1. The maximum Gasteiger partial charge on any atom is 0.308 e. The molecule has 1 atom stereocenters. The van der Waals surface area contributed by atoms with E-state index in [1.165, 1.54) is 5.56 Å². The van der Waals surface area contributed by atoms with E-state index in [1.54, 1.807) is 29.2 Å². The van der Waals surface area contributed by atoms with Gasteiger partial charge in [-0.3, -0.25) is 14.4 Å². The Bertz CT molecular complexity index is 985. The van der Waals surface area contributed by atoms with Gasteiger partial charge in [-0.15, -0.1) is 0 Å². The highest BCUT2D eigenvalue weighted by Crippen LogP contribution is 2.13. The molecule has 1 heterocycles. The lowest BCUT2D eigenvalue weighted by Crippen LogP contribution is -2.60. The number of nitrogens with zero attached hydrogens (tertiary/aromatic N) is 1. The zero-order chi connectivity index (χ0) is 23.6. The van der Waals surface area contributed by atoms with E-state index in [4.69, 9.17) is 28.6 Å². The maximum absolute atomic E-state index is 12.4. The minimum Gasteiger partial charge on any atom is -0.466 e. The number of hydrogen-bond donors (Lipinski definition) is 2. The molecule has 9 heteroatoms. The Balaban J connectivity index is 1.48. The smallest absolute Gasteiger partial charge is 0.308 e. The lowest BCUT2D eigenvalue weighted by molar-refractivity contribution is -0.147. The van der Waals surface area contributed by atoms with Gasteiger partial charge < -0.3 is 20.3 Å². The minimum atomic E-state index is -0.830. The average Bonchev–Trinajstić information content (AvgIpc) is 2.80. The first-order chi connectivity index (χ1) is 15.9. The third-order valence-corrected chi connectivity index (χ3v) is 5.78. The zero-order valence-corrected chi connectivity index (χ0v) is 19.7. The van der Waals surface area contributed by atoms with Gasteiger partial charge in [0.05, 0.1) is 19.4 Å². The molecule has 0 saturated carbocycles. The summed E-state index contributed by atoms with van der Waals surface area (Å²) in [5, 5.41) is 6.10. The predicted molar refractivity (Wildman–Crippen MR) is 130 cm³/mol. The van der Waals surface area contributed by atoms with Gasteiger partial charge in [0, 0.05) is 18.1 Å². The van der Waals surface area contributed by atoms with Crippen molar-refractivity contribution >= 4 is 46.7 Å². The van der Waals surface area contributed by atoms with E-state index in [1.807, 2.05) is 30.3 Å². The van der Waals surface area contributed by atoms with Gasteiger partial charge in [0.15, 0.2) is 5.11 Å². The molecule has 0 bridgehead atoms. The zero-order valence-electron chi connectivity index (χ0n) is 18.1. The molecule has 1 aliphatic rings. The first kappa shape index (κ1) is 24.7. The Hall–Kier alpha value is -2.97. The van der Waals surface area contributed by atoms with Gasteiger partial charge in [-0.25, -0.2) is 0 Å². The number of hydrogen-bond acceptors (Lipinski definition) is 5. The van der Waals surface area contributed by atoms with Gasteiger partial charge in [0.1, 0.15) is 6.04 Å². The molecule has 2 aromatic carbocycles. The summed E-state index contributed by atoms with van der Waals surface area (Å²) < 4.78 is 5.33. The molecule has 0 aromatic heterocycles. The van der Waals surface area contributed by atoms with Crippen LogP contribution in [0, 0.1) is 0 Å². The molecule has 2 aromatic rings. The monoisotopic (exact) mass is 487 g/mol. The van der Waals surface area contributed by atoms with Crippen molar-refractivity contribution in [3.05, 3.63) is 70.7 Å². The van der Waals surface area contributed by atoms with E-state index in [2.05, 4.69) is 10.6 Å². The van der Waals surface area contributed by atoms with E-state index < -0.39 is 12.0 Å². The van der Waals surface area contributed by atoms with Crippen LogP contribution >= 0.6 is 23.8 Å². The van der Waals surface area contributed by atoms with Crippen molar-refractivity contribution in [1.29, 1.82) is 0 Å². The Morgan fingerprint density at radius 2 is 1.85 bits per heavy atom. The summed E-state index contributed by atoms with van der Waals surface area (Å²) in [4.78, 5) is 38.8. The number of benzene rings is 2. The van der Waals surface area contributed by atoms with Gasteiger partial charge in [0.2, 0.25) is 11.8 Å². The summed E-state index contributed by atoms with van der Waals surface area (Å²) in [7, 11) is 0. The van der Waals surface area contributed by atoms with Gasteiger partial charge >= 0.3 is 5.97 Å². The number of carbonyl (C=O) groups is 3. The Morgan fingerprint density at radius 1 is 1.12 bits per heavy atom. The number of piperazine rings is 1. The van der Waals surface area contributed by atoms with Crippen molar-refractivity contribution in [3.8, 4) is 0 Å². The van der Waals surface area contributed by atoms with Crippen molar-refractivity contribution in [3.63, 3.8) is 0 Å². The number of ether oxygens (including phenoxy) is 1. The molecule has 33 heavy (non-hydrogen) atoms. The van der Waals surface area contributed by atoms with Crippen LogP contribution in [0.3, 0.4) is 0 Å². The lowest BCUT2D eigenvalue weighted by atomic mass is 10.1. The fraction of sp³-hybridized carbons (Fsp3) is 0.333. The predicted octanol–water partition coefficient (Wildman–Crippen LogP) is 2.65. The number of esters is 1. The standard InChI is InChI=1S/C24H26ClN3O4S/c25-19-10-8-18(9-11-19)15-21(29)27-24(33)28-13-12-26-23(31)20(28)16-22(30)32-14-4-7-17-5-2-1-3-6-17/h1-3,5-6,8-11,20H,4,7,12-16H2,(H,26,31)(H,27,29,33). The highest BCUT2D eigenvalue weighted by Gasteiger charge is 2.34. The van der Waals surface area contributed by atoms with Crippen LogP contribution in [0.5, 0.6) is 0 Å². The summed E-state index contributed by atoms with van der Waals surface area (Å²) in [5.74, 6) is -1.11. The normalized spacial score (nSPS) is 15.5. The van der Waals surface area contributed by atoms with Crippen LogP contribution in [0.2, 0.25) is 5.02 Å². The van der Waals surface area contributed by atoms with Gasteiger partial charge in [0.25, 0.3) is 0 Å². The van der Waals surface area contributed by atoms with E-state index in [0.717, 1.165) is 12.0 Å². The Morgan fingerprint density at radius 3 is 2.58 bits per heavy atom. The molecule has 1 fully saturated rings. The van der Waals surface area contributed by atoms with E-state index in [0.29, 0.717) is 24.5 Å². The molecule has 3 rings (SSSR count). The molecule has 2 N–H and O–H groups in total. The fourth-order valence-electron chi connectivity index (χ4n) is 3.51. The number of rotatable bonds is 8. The molecule has 2 amide bonds. The SMILES string of the molecule is O=C(Cc1ccc(Cl)cc1)NC(=S)N1CCNC(=O)C1CC(=O)OCCCc1ccccc1. The lowest BCUT2D eigenvalue weighted by Gasteiger charge is -2.36. The van der Waals surface area contributed by atoms with E-state index in [-0.39, 0.29) is 36.4 Å². The topological polar surface area (TPSA) is 87.7 Å². The second kappa shape index (κ2) is 12.3. The van der Waals surface area contributed by atoms with E-state index >= 15 is 0 Å². The number of carbonyl (C=O) groups excluding carboxylic acids is 3. The first-order valence-corrected chi connectivity index (χ1v) is 11.5. The van der Waals surface area contributed by atoms with Crippen molar-refractivity contribution in [2.24, 2.45) is 0 Å². The largest absolute Gasteiger partial charge is 0.466 e. The molecule has 7 nitrogen and oxygen atoms in total. The Kier molecular flexibility index (Phi) is 9.21. The molecule has 0 spiro atoms. The molecular formula is C24H26ClN3O4S. The number of aryl methyl sites for hydroxylation is 1. The minimum absolute atomic E-state index is 0.116. The molecule has 1 unspecified atom stereocenters. The summed E-state index contributed by atoms with van der Waals surface area (Å²) in [6, 6.07) is 16.0. The van der Waals surface area contributed by atoms with Crippen LogP contribution in [-0.4, -0.2) is 53.5 Å². The second-order valence-corrected chi connectivity index (χ2v) is 8.49. The molecule has 0 radical (unpaired) electrons. The first-order valence-electron chi connectivity index (χ1n) is 10.7. The molecular weight excluding hydrogens is 462 g/mol. The quantitative estimate of drug-likeness (QED) is 0.338. The highest BCUT2D eigenvalue weighted by molar-refractivity contribution is 7.80. The van der Waals surface area contributed by atoms with Crippen LogP contribution in [0.1, 0.15) is 24.0 Å². The molecule has 0 aliphatic carbocycles. The summed E-state index contributed by atoms with van der Waals surface area (Å²) in [6.45, 7) is 1.02. The molecule has 1 saturated heterocycles. The van der Waals surface area contributed by atoms with Crippen molar-refractivity contribution < 1.29 is 19.1 Å².